The van der Waals surface area contributed by atoms with E-state index >= 15 is 0 Å². The molecule has 0 bridgehead atoms. The van der Waals surface area contributed by atoms with E-state index in [9.17, 15) is 4.79 Å². The van der Waals surface area contributed by atoms with E-state index in [2.05, 4.69) is 20.8 Å². The number of benzene rings is 1. The summed E-state index contributed by atoms with van der Waals surface area (Å²) in [4.78, 5) is 11.3. The summed E-state index contributed by atoms with van der Waals surface area (Å²) in [6.45, 7) is 0.527. The molecule has 1 atom stereocenters. The molecule has 0 saturated heterocycles. The van der Waals surface area contributed by atoms with Crippen molar-refractivity contribution in [3.05, 3.63) is 28.4 Å². The topological polar surface area (TPSA) is 90.0 Å². The van der Waals surface area contributed by atoms with Crippen LogP contribution in [0.2, 0.25) is 5.02 Å². The lowest BCUT2D eigenvalue weighted by atomic mass is 9.99. The van der Waals surface area contributed by atoms with Gasteiger partial charge in [0.05, 0.1) is 27.8 Å². The summed E-state index contributed by atoms with van der Waals surface area (Å²) in [7, 11) is 0. The first-order valence-corrected chi connectivity index (χ1v) is 6.75. The SMILES string of the molecule is O=C(O)NC1Cc2cc(Cl)c3[nH]ncc3c2CNC1=S. The number of rotatable bonds is 1. The van der Waals surface area contributed by atoms with Gasteiger partial charge in [-0.3, -0.25) is 5.10 Å². The molecule has 1 aromatic heterocycles. The maximum atomic E-state index is 10.8. The molecule has 0 radical (unpaired) electrons. The fourth-order valence-electron chi connectivity index (χ4n) is 2.45. The van der Waals surface area contributed by atoms with E-state index < -0.39 is 12.1 Å². The van der Waals surface area contributed by atoms with Crippen LogP contribution in [0.5, 0.6) is 0 Å². The van der Waals surface area contributed by atoms with Crippen LogP contribution in [0, 0.1) is 0 Å². The first-order chi connectivity index (χ1) is 9.56. The van der Waals surface area contributed by atoms with Crippen molar-refractivity contribution in [1.82, 2.24) is 20.8 Å². The van der Waals surface area contributed by atoms with E-state index in [0.717, 1.165) is 22.0 Å². The zero-order valence-corrected chi connectivity index (χ0v) is 11.8. The highest BCUT2D eigenvalue weighted by atomic mass is 35.5. The fraction of sp³-hybridized carbons (Fsp3) is 0.250. The number of nitrogens with zero attached hydrogens (tertiary/aromatic N) is 1. The molecule has 3 rings (SSSR count). The quantitative estimate of drug-likeness (QED) is 0.603. The van der Waals surface area contributed by atoms with Crippen LogP contribution in [0.1, 0.15) is 11.1 Å². The van der Waals surface area contributed by atoms with Crippen molar-refractivity contribution < 1.29 is 9.90 Å². The van der Waals surface area contributed by atoms with Crippen LogP contribution in [-0.4, -0.2) is 32.4 Å². The minimum atomic E-state index is -1.10. The van der Waals surface area contributed by atoms with Crippen molar-refractivity contribution in [2.24, 2.45) is 0 Å². The van der Waals surface area contributed by atoms with Gasteiger partial charge in [-0.25, -0.2) is 4.79 Å². The molecule has 1 aromatic carbocycles. The number of hydrogen-bond donors (Lipinski definition) is 4. The molecule has 20 heavy (non-hydrogen) atoms. The predicted octanol–water partition coefficient (Wildman–Crippen LogP) is 1.83. The Morgan fingerprint density at radius 1 is 1.60 bits per heavy atom. The molecule has 0 fully saturated rings. The van der Waals surface area contributed by atoms with Crippen LogP contribution in [-0.2, 0) is 13.0 Å². The molecular formula is C12H11ClN4O2S. The number of nitrogens with one attached hydrogen (secondary N) is 3. The van der Waals surface area contributed by atoms with E-state index in [-0.39, 0.29) is 0 Å². The maximum Gasteiger partial charge on any atom is 0.405 e. The summed E-state index contributed by atoms with van der Waals surface area (Å²) in [6.07, 6.45) is 1.09. The lowest BCUT2D eigenvalue weighted by Crippen LogP contribution is -2.44. The third kappa shape index (κ3) is 2.19. The number of fused-ring (bicyclic) bond motifs is 3. The average Bonchev–Trinajstić information content (AvgIpc) is 2.81. The number of H-pyrrole nitrogens is 1. The number of halogens is 1. The van der Waals surface area contributed by atoms with E-state index in [1.54, 1.807) is 6.20 Å². The highest BCUT2D eigenvalue weighted by Crippen LogP contribution is 2.30. The summed E-state index contributed by atoms with van der Waals surface area (Å²) in [5, 5.41) is 22.7. The Balaban J connectivity index is 2.08. The Morgan fingerprint density at radius 2 is 2.40 bits per heavy atom. The molecule has 1 aliphatic heterocycles. The minimum Gasteiger partial charge on any atom is -0.465 e. The van der Waals surface area contributed by atoms with E-state index in [4.69, 9.17) is 28.9 Å². The van der Waals surface area contributed by atoms with Crippen molar-refractivity contribution in [2.75, 3.05) is 0 Å². The fourth-order valence-corrected chi connectivity index (χ4v) is 2.94. The zero-order valence-electron chi connectivity index (χ0n) is 10.2. The average molecular weight is 311 g/mol. The molecule has 8 heteroatoms. The van der Waals surface area contributed by atoms with Gasteiger partial charge in [0.25, 0.3) is 0 Å². The zero-order chi connectivity index (χ0) is 14.3. The Morgan fingerprint density at radius 3 is 3.15 bits per heavy atom. The van der Waals surface area contributed by atoms with Crippen LogP contribution in [0.3, 0.4) is 0 Å². The summed E-state index contributed by atoms with van der Waals surface area (Å²) in [6, 6.07) is 1.38. The Labute approximate surface area is 124 Å². The Kier molecular flexibility index (Phi) is 3.23. The molecule has 2 aromatic rings. The number of carboxylic acid groups (broad SMARTS) is 1. The van der Waals surface area contributed by atoms with E-state index in [1.165, 1.54) is 0 Å². The smallest absolute Gasteiger partial charge is 0.405 e. The molecule has 4 N–H and O–H groups in total. The summed E-state index contributed by atoms with van der Waals surface area (Å²) in [5.41, 5.74) is 2.79. The number of aromatic amines is 1. The molecular weight excluding hydrogens is 300 g/mol. The molecule has 6 nitrogen and oxygen atoms in total. The second-order valence-corrected chi connectivity index (χ2v) is 5.43. The van der Waals surface area contributed by atoms with Crippen LogP contribution in [0.4, 0.5) is 4.79 Å². The standard InChI is InChI=1S/C12H11ClN4O2S/c13-8-1-5-2-9(16-12(18)19)11(20)14-3-6(5)7-4-15-17-10(7)8/h1,4,9,16H,2-3H2,(H,14,20)(H,15,17)(H,18,19). The monoisotopic (exact) mass is 310 g/mol. The summed E-state index contributed by atoms with van der Waals surface area (Å²) in [5.74, 6) is 0. The molecule has 0 spiro atoms. The molecule has 1 unspecified atom stereocenters. The number of aromatic nitrogens is 2. The van der Waals surface area contributed by atoms with Gasteiger partial charge in [0, 0.05) is 11.9 Å². The largest absolute Gasteiger partial charge is 0.465 e. The van der Waals surface area contributed by atoms with Gasteiger partial charge in [-0.15, -0.1) is 0 Å². The lowest BCUT2D eigenvalue weighted by molar-refractivity contribution is 0.192. The van der Waals surface area contributed by atoms with Gasteiger partial charge >= 0.3 is 6.09 Å². The number of thiocarbonyl (C=S) groups is 1. The van der Waals surface area contributed by atoms with Gasteiger partial charge in [0.2, 0.25) is 0 Å². The second-order valence-electron chi connectivity index (χ2n) is 4.58. The molecule has 0 saturated carbocycles. The minimum absolute atomic E-state index is 0.454. The Bertz CT molecular complexity index is 715. The van der Waals surface area contributed by atoms with Crippen LogP contribution < -0.4 is 10.6 Å². The lowest BCUT2D eigenvalue weighted by Gasteiger charge is -2.15. The predicted molar refractivity (Wildman–Crippen MR) is 79.2 cm³/mol. The van der Waals surface area contributed by atoms with Gasteiger partial charge in [-0.1, -0.05) is 23.8 Å². The van der Waals surface area contributed by atoms with Gasteiger partial charge in [0.1, 0.15) is 0 Å². The third-order valence-electron chi connectivity index (χ3n) is 3.37. The van der Waals surface area contributed by atoms with Crippen molar-refractivity contribution in [3.63, 3.8) is 0 Å². The van der Waals surface area contributed by atoms with Crippen LogP contribution in [0.25, 0.3) is 10.9 Å². The summed E-state index contributed by atoms with van der Waals surface area (Å²) >= 11 is 11.4. The van der Waals surface area contributed by atoms with Crippen molar-refractivity contribution >= 4 is 45.8 Å². The van der Waals surface area contributed by atoms with Crippen molar-refractivity contribution in [2.45, 2.75) is 19.0 Å². The highest BCUT2D eigenvalue weighted by Gasteiger charge is 2.24. The second kappa shape index (κ2) is 4.92. The highest BCUT2D eigenvalue weighted by molar-refractivity contribution is 7.80. The molecule has 1 amide bonds. The number of amides is 1. The van der Waals surface area contributed by atoms with Crippen molar-refractivity contribution in [3.8, 4) is 0 Å². The van der Waals surface area contributed by atoms with Crippen molar-refractivity contribution in [1.29, 1.82) is 0 Å². The van der Waals surface area contributed by atoms with Crippen LogP contribution >= 0.6 is 23.8 Å². The van der Waals surface area contributed by atoms with Gasteiger partial charge in [-0.2, -0.15) is 5.10 Å². The summed E-state index contributed by atoms with van der Waals surface area (Å²) < 4.78 is 0. The first-order valence-electron chi connectivity index (χ1n) is 5.96. The number of hydrogen-bond acceptors (Lipinski definition) is 3. The van der Waals surface area contributed by atoms with Gasteiger partial charge in [0.15, 0.2) is 0 Å². The van der Waals surface area contributed by atoms with Crippen LogP contribution in [0.15, 0.2) is 12.3 Å². The molecule has 2 heterocycles. The molecule has 104 valence electrons. The Hall–Kier alpha value is -1.86. The molecule has 0 aliphatic carbocycles. The van der Waals surface area contributed by atoms with E-state index in [0.29, 0.717) is 23.0 Å². The molecule has 1 aliphatic rings. The normalized spacial score (nSPS) is 18.2. The van der Waals surface area contributed by atoms with E-state index in [1.807, 2.05) is 6.07 Å². The first kappa shape index (κ1) is 13.1. The third-order valence-corrected chi connectivity index (χ3v) is 4.10. The number of carbonyl (C=O) groups is 1. The van der Waals surface area contributed by atoms with Gasteiger partial charge in [-0.05, 0) is 23.6 Å². The maximum absolute atomic E-state index is 10.8. The van der Waals surface area contributed by atoms with Gasteiger partial charge < -0.3 is 15.7 Å².